The monoisotopic (exact) mass is 400 g/mol. The number of benzene rings is 1. The molecule has 0 radical (unpaired) electrons. The van der Waals surface area contributed by atoms with Gasteiger partial charge in [0.15, 0.2) is 0 Å². The number of carbonyl (C=O) groups excluding carboxylic acids is 1. The Labute approximate surface area is 165 Å². The molecule has 0 unspecified atom stereocenters. The van der Waals surface area contributed by atoms with Gasteiger partial charge in [0.2, 0.25) is 0 Å². The minimum Gasteiger partial charge on any atom is -0.338 e. The lowest BCUT2D eigenvalue weighted by Crippen LogP contribution is -2.42. The van der Waals surface area contributed by atoms with Crippen molar-refractivity contribution in [2.45, 2.75) is 6.04 Å². The van der Waals surface area contributed by atoms with Gasteiger partial charge in [-0.2, -0.15) is 17.0 Å². The Bertz CT molecular complexity index is 950. The molecule has 0 spiro atoms. The number of pyridine rings is 1. The van der Waals surface area contributed by atoms with Crippen molar-refractivity contribution in [3.63, 3.8) is 0 Å². The van der Waals surface area contributed by atoms with E-state index in [9.17, 15) is 13.2 Å². The molecule has 3 heterocycles. The van der Waals surface area contributed by atoms with E-state index in [4.69, 9.17) is 0 Å². The summed E-state index contributed by atoms with van der Waals surface area (Å²) in [5.41, 5.74) is 1.59. The molecule has 0 bridgehead atoms. The van der Waals surface area contributed by atoms with E-state index < -0.39 is 10.2 Å². The molecule has 7 nitrogen and oxygen atoms in total. The fourth-order valence-corrected chi connectivity index (χ4v) is 5.72. The fraction of sp³-hybridized carbons (Fsp3) is 0.400. The molecule has 3 atom stereocenters. The summed E-state index contributed by atoms with van der Waals surface area (Å²) in [6.45, 7) is 1.53. The van der Waals surface area contributed by atoms with Crippen molar-refractivity contribution in [1.82, 2.24) is 18.5 Å². The Kier molecular flexibility index (Phi) is 4.95. The zero-order chi connectivity index (χ0) is 19.9. The highest BCUT2D eigenvalue weighted by Crippen LogP contribution is 2.46. The Morgan fingerprint density at radius 3 is 2.36 bits per heavy atom. The minimum atomic E-state index is -3.55. The van der Waals surface area contributed by atoms with Crippen molar-refractivity contribution < 1.29 is 13.2 Å². The van der Waals surface area contributed by atoms with Crippen LogP contribution in [0.25, 0.3) is 0 Å². The minimum absolute atomic E-state index is 0.0226. The van der Waals surface area contributed by atoms with Crippen LogP contribution in [0.1, 0.15) is 22.0 Å². The van der Waals surface area contributed by atoms with Crippen LogP contribution in [0.15, 0.2) is 54.9 Å². The Morgan fingerprint density at radius 1 is 1.04 bits per heavy atom. The summed E-state index contributed by atoms with van der Waals surface area (Å²) in [4.78, 5) is 18.7. The van der Waals surface area contributed by atoms with Crippen LogP contribution in [0.3, 0.4) is 0 Å². The first-order valence-corrected chi connectivity index (χ1v) is 10.7. The highest BCUT2D eigenvalue weighted by molar-refractivity contribution is 7.86. The number of fused-ring (bicyclic) bond motifs is 1. The standard InChI is InChI=1S/C20H24N4O3S/c1-22(2)28(26,27)24-13-17-12-23(20(25)16-8-10-21-11-9-16)14-18(17)19(24)15-6-4-3-5-7-15/h3-11,17-19H,12-14H2,1-2H3/t17-,18-,19+/m0/s1. The molecule has 8 heteroatoms. The average Bonchev–Trinajstić information content (AvgIpc) is 3.27. The molecule has 1 aromatic heterocycles. The van der Waals surface area contributed by atoms with Gasteiger partial charge in [-0.1, -0.05) is 30.3 Å². The first-order valence-electron chi connectivity index (χ1n) is 9.33. The maximum Gasteiger partial charge on any atom is 0.282 e. The molecule has 2 saturated heterocycles. The van der Waals surface area contributed by atoms with E-state index in [1.807, 2.05) is 35.2 Å². The zero-order valence-corrected chi connectivity index (χ0v) is 16.8. The summed E-state index contributed by atoms with van der Waals surface area (Å²) in [7, 11) is -0.430. The fourth-order valence-electron chi connectivity index (χ4n) is 4.36. The first kappa shape index (κ1) is 19.0. The number of carbonyl (C=O) groups is 1. The molecule has 148 valence electrons. The van der Waals surface area contributed by atoms with Gasteiger partial charge in [-0.15, -0.1) is 0 Å². The third-order valence-electron chi connectivity index (χ3n) is 5.74. The average molecular weight is 401 g/mol. The van der Waals surface area contributed by atoms with Gasteiger partial charge in [0.05, 0.1) is 6.04 Å². The molecule has 2 aliphatic heterocycles. The first-order chi connectivity index (χ1) is 13.4. The van der Waals surface area contributed by atoms with E-state index in [2.05, 4.69) is 4.98 Å². The molecule has 1 amide bonds. The number of amides is 1. The SMILES string of the molecule is CN(C)S(=O)(=O)N1C[C@@H]2CN(C(=O)c3ccncc3)C[C@@H]2[C@H]1c1ccccc1. The van der Waals surface area contributed by atoms with Crippen LogP contribution in [0, 0.1) is 11.8 Å². The second kappa shape index (κ2) is 7.27. The quantitative estimate of drug-likeness (QED) is 0.782. The van der Waals surface area contributed by atoms with Crippen molar-refractivity contribution in [3.8, 4) is 0 Å². The van der Waals surface area contributed by atoms with Gasteiger partial charge in [0.25, 0.3) is 16.1 Å². The van der Waals surface area contributed by atoms with Crippen LogP contribution in [-0.2, 0) is 10.2 Å². The summed E-state index contributed by atoms with van der Waals surface area (Å²) in [6.07, 6.45) is 3.23. The number of rotatable bonds is 4. The molecular weight excluding hydrogens is 376 g/mol. The molecule has 0 saturated carbocycles. The normalized spacial score (nSPS) is 25.2. The molecule has 2 aromatic rings. The third kappa shape index (κ3) is 3.21. The van der Waals surface area contributed by atoms with E-state index in [1.165, 1.54) is 4.31 Å². The summed E-state index contributed by atoms with van der Waals surface area (Å²) >= 11 is 0. The maximum absolute atomic E-state index is 12.9. The molecule has 2 fully saturated rings. The van der Waals surface area contributed by atoms with Gasteiger partial charge in [0, 0.05) is 57.6 Å². The summed E-state index contributed by atoms with van der Waals surface area (Å²) in [5.74, 6) is 0.166. The predicted molar refractivity (Wildman–Crippen MR) is 106 cm³/mol. The molecule has 4 rings (SSSR count). The van der Waals surface area contributed by atoms with Gasteiger partial charge < -0.3 is 4.90 Å². The Hall–Kier alpha value is -2.29. The number of nitrogens with zero attached hydrogens (tertiary/aromatic N) is 4. The lowest BCUT2D eigenvalue weighted by atomic mass is 9.90. The van der Waals surface area contributed by atoms with Gasteiger partial charge in [0.1, 0.15) is 0 Å². The van der Waals surface area contributed by atoms with Gasteiger partial charge in [-0.05, 0) is 23.6 Å². The lowest BCUT2D eigenvalue weighted by molar-refractivity contribution is 0.0773. The highest BCUT2D eigenvalue weighted by Gasteiger charge is 2.52. The van der Waals surface area contributed by atoms with Crippen LogP contribution in [0.4, 0.5) is 0 Å². The van der Waals surface area contributed by atoms with Crippen LogP contribution >= 0.6 is 0 Å². The van der Waals surface area contributed by atoms with Crippen LogP contribution < -0.4 is 0 Å². The van der Waals surface area contributed by atoms with Crippen LogP contribution in [0.2, 0.25) is 0 Å². The zero-order valence-electron chi connectivity index (χ0n) is 16.0. The lowest BCUT2D eigenvalue weighted by Gasteiger charge is -2.31. The molecule has 2 aliphatic rings. The van der Waals surface area contributed by atoms with Crippen molar-refractivity contribution in [3.05, 3.63) is 66.0 Å². The smallest absolute Gasteiger partial charge is 0.282 e. The highest BCUT2D eigenvalue weighted by atomic mass is 32.2. The van der Waals surface area contributed by atoms with E-state index in [1.54, 1.807) is 42.9 Å². The number of aromatic nitrogens is 1. The number of hydrogen-bond donors (Lipinski definition) is 0. The summed E-state index contributed by atoms with van der Waals surface area (Å²) in [6, 6.07) is 12.9. The van der Waals surface area contributed by atoms with Crippen LogP contribution in [-0.4, -0.2) is 66.5 Å². The molecule has 1 aromatic carbocycles. The van der Waals surface area contributed by atoms with Gasteiger partial charge in [-0.25, -0.2) is 0 Å². The Balaban J connectivity index is 1.64. The van der Waals surface area contributed by atoms with Gasteiger partial charge >= 0.3 is 0 Å². The van der Waals surface area contributed by atoms with Crippen molar-refractivity contribution in [2.75, 3.05) is 33.7 Å². The van der Waals surface area contributed by atoms with E-state index in [0.717, 1.165) is 5.56 Å². The number of likely N-dealkylation sites (tertiary alicyclic amines) is 1. The summed E-state index contributed by atoms with van der Waals surface area (Å²) in [5, 5.41) is 0. The van der Waals surface area contributed by atoms with Crippen molar-refractivity contribution >= 4 is 16.1 Å². The largest absolute Gasteiger partial charge is 0.338 e. The second-order valence-electron chi connectivity index (χ2n) is 7.59. The van der Waals surface area contributed by atoms with E-state index in [-0.39, 0.29) is 23.8 Å². The molecular formula is C20H24N4O3S. The molecule has 0 aliphatic carbocycles. The topological polar surface area (TPSA) is 73.8 Å². The predicted octanol–water partition coefficient (Wildman–Crippen LogP) is 1.63. The number of hydrogen-bond acceptors (Lipinski definition) is 4. The van der Waals surface area contributed by atoms with E-state index >= 15 is 0 Å². The Morgan fingerprint density at radius 2 is 1.71 bits per heavy atom. The third-order valence-corrected chi connectivity index (χ3v) is 7.63. The van der Waals surface area contributed by atoms with Crippen LogP contribution in [0.5, 0.6) is 0 Å². The summed E-state index contributed by atoms with van der Waals surface area (Å²) < 4.78 is 28.8. The van der Waals surface area contributed by atoms with Gasteiger partial charge in [-0.3, -0.25) is 9.78 Å². The van der Waals surface area contributed by atoms with Crippen molar-refractivity contribution in [1.29, 1.82) is 0 Å². The van der Waals surface area contributed by atoms with E-state index in [0.29, 0.717) is 25.2 Å². The molecule has 28 heavy (non-hydrogen) atoms. The molecule has 0 N–H and O–H groups in total. The maximum atomic E-state index is 12.9. The van der Waals surface area contributed by atoms with Crippen molar-refractivity contribution in [2.24, 2.45) is 11.8 Å². The second-order valence-corrected chi connectivity index (χ2v) is 9.68.